The fraction of sp³-hybridized carbons (Fsp3) is 0.375. The van der Waals surface area contributed by atoms with Gasteiger partial charge in [-0.1, -0.05) is 6.07 Å². The largest absolute Gasteiger partial charge is 0.481 e. The van der Waals surface area contributed by atoms with Crippen molar-refractivity contribution in [3.8, 4) is 11.6 Å². The minimum absolute atomic E-state index is 0.00618. The summed E-state index contributed by atoms with van der Waals surface area (Å²) in [6, 6.07) is 7.32. The molecule has 1 saturated heterocycles. The van der Waals surface area contributed by atoms with Crippen LogP contribution in [-0.4, -0.2) is 51.4 Å². The lowest BCUT2D eigenvalue weighted by atomic mass is 9.93. The molecule has 34 heavy (non-hydrogen) atoms. The van der Waals surface area contributed by atoms with E-state index in [2.05, 4.69) is 15.2 Å². The van der Waals surface area contributed by atoms with Crippen molar-refractivity contribution in [2.24, 2.45) is 12.8 Å². The van der Waals surface area contributed by atoms with Crippen molar-refractivity contribution < 1.29 is 14.3 Å². The summed E-state index contributed by atoms with van der Waals surface area (Å²) in [6.07, 6.45) is 3.24. The van der Waals surface area contributed by atoms with Crippen molar-refractivity contribution in [2.45, 2.75) is 32.3 Å². The van der Waals surface area contributed by atoms with E-state index in [0.717, 1.165) is 22.4 Å². The maximum atomic E-state index is 12.9. The molecule has 0 aliphatic carbocycles. The first-order valence-corrected chi connectivity index (χ1v) is 11.2. The molecule has 2 aliphatic rings. The fourth-order valence-corrected chi connectivity index (χ4v) is 4.83. The molecule has 10 nitrogen and oxygen atoms in total. The lowest BCUT2D eigenvalue weighted by Crippen LogP contribution is -2.56. The highest BCUT2D eigenvalue weighted by Crippen LogP contribution is 2.30. The predicted octanol–water partition coefficient (Wildman–Crippen LogP) is 0.990. The van der Waals surface area contributed by atoms with Gasteiger partial charge in [0.15, 0.2) is 0 Å². The molecule has 1 fully saturated rings. The molecule has 3 N–H and O–H groups in total. The van der Waals surface area contributed by atoms with Crippen LogP contribution in [-0.2, 0) is 24.9 Å². The Bertz CT molecular complexity index is 1310. The second-order valence-electron chi connectivity index (χ2n) is 8.79. The molecule has 2 aromatic heterocycles. The number of rotatable bonds is 5. The van der Waals surface area contributed by atoms with Gasteiger partial charge in [0.1, 0.15) is 6.61 Å². The molecule has 0 radical (unpaired) electrons. The number of carbonyl (C=O) groups is 1. The highest BCUT2D eigenvalue weighted by molar-refractivity contribution is 5.94. The molecule has 5 rings (SSSR count). The van der Waals surface area contributed by atoms with Gasteiger partial charge in [-0.25, -0.2) is 14.6 Å². The van der Waals surface area contributed by atoms with Crippen molar-refractivity contribution in [3.05, 3.63) is 75.1 Å². The van der Waals surface area contributed by atoms with E-state index >= 15 is 0 Å². The molecule has 1 aromatic carbocycles. The number of pyridine rings is 1. The summed E-state index contributed by atoms with van der Waals surface area (Å²) in [5.41, 5.74) is 11.5. The highest BCUT2D eigenvalue weighted by Gasteiger charge is 2.30. The van der Waals surface area contributed by atoms with E-state index in [1.807, 2.05) is 25.3 Å². The van der Waals surface area contributed by atoms with Gasteiger partial charge in [0.2, 0.25) is 5.88 Å². The first-order valence-electron chi connectivity index (χ1n) is 11.2. The SMILES string of the molecule is COc1cc(-n2cc(CN3C[C@@H](c4ccc5c(c4C)COC5=O)N[C@@H](N)C3)n(C)c2=O)ccn1. The van der Waals surface area contributed by atoms with Gasteiger partial charge >= 0.3 is 11.7 Å². The van der Waals surface area contributed by atoms with Crippen LogP contribution in [0.25, 0.3) is 5.69 Å². The molecule has 3 aromatic rings. The quantitative estimate of drug-likeness (QED) is 0.537. The van der Waals surface area contributed by atoms with E-state index < -0.39 is 0 Å². The van der Waals surface area contributed by atoms with E-state index in [4.69, 9.17) is 15.2 Å². The van der Waals surface area contributed by atoms with Gasteiger partial charge in [-0.15, -0.1) is 0 Å². The summed E-state index contributed by atoms with van der Waals surface area (Å²) < 4.78 is 13.6. The zero-order valence-electron chi connectivity index (χ0n) is 19.4. The lowest BCUT2D eigenvalue weighted by molar-refractivity contribution is 0.0535. The number of carbonyl (C=O) groups excluding carboxylic acids is 1. The number of piperazine rings is 1. The third kappa shape index (κ3) is 3.89. The zero-order valence-corrected chi connectivity index (χ0v) is 19.4. The third-order valence-electron chi connectivity index (χ3n) is 6.69. The van der Waals surface area contributed by atoms with Crippen LogP contribution < -0.4 is 21.5 Å². The van der Waals surface area contributed by atoms with Gasteiger partial charge in [0, 0.05) is 56.7 Å². The standard InChI is InChI=1S/C24H28N6O4/c1-14-17(4-5-18-19(14)13-34-23(18)31)20-11-29(12-21(25)27-20)9-16-10-30(24(32)28(16)2)15-6-7-26-22(8-15)33-3/h4-8,10,20-21,27H,9,11-13,25H2,1-3H3/t20-,21+/m0/s1. The van der Waals surface area contributed by atoms with Crippen LogP contribution in [0.4, 0.5) is 0 Å². The predicted molar refractivity (Wildman–Crippen MR) is 125 cm³/mol. The minimum Gasteiger partial charge on any atom is -0.481 e. The minimum atomic E-state index is -0.267. The summed E-state index contributed by atoms with van der Waals surface area (Å²) in [4.78, 5) is 31.2. The number of benzene rings is 1. The molecular weight excluding hydrogens is 436 g/mol. The Balaban J connectivity index is 1.39. The molecule has 0 saturated carbocycles. The number of nitrogens with one attached hydrogen (secondary N) is 1. The van der Waals surface area contributed by atoms with Gasteiger partial charge in [0.05, 0.1) is 30.2 Å². The van der Waals surface area contributed by atoms with Crippen molar-refractivity contribution >= 4 is 5.97 Å². The fourth-order valence-electron chi connectivity index (χ4n) is 4.83. The van der Waals surface area contributed by atoms with Crippen LogP contribution >= 0.6 is 0 Å². The third-order valence-corrected chi connectivity index (χ3v) is 6.69. The van der Waals surface area contributed by atoms with Gasteiger partial charge in [0.25, 0.3) is 0 Å². The number of imidazole rings is 1. The van der Waals surface area contributed by atoms with Gasteiger partial charge in [-0.2, -0.15) is 0 Å². The summed E-state index contributed by atoms with van der Waals surface area (Å²) in [5, 5.41) is 3.48. The van der Waals surface area contributed by atoms with Crippen LogP contribution in [0.2, 0.25) is 0 Å². The Morgan fingerprint density at radius 1 is 1.26 bits per heavy atom. The number of nitrogens with zero attached hydrogens (tertiary/aromatic N) is 4. The topological polar surface area (TPSA) is 117 Å². The number of hydrogen-bond acceptors (Lipinski definition) is 8. The number of hydrogen-bond donors (Lipinski definition) is 2. The molecule has 0 amide bonds. The molecule has 0 spiro atoms. The van der Waals surface area contributed by atoms with E-state index in [1.54, 1.807) is 41.6 Å². The lowest BCUT2D eigenvalue weighted by Gasteiger charge is -2.38. The highest BCUT2D eigenvalue weighted by atomic mass is 16.5. The molecule has 10 heteroatoms. The van der Waals surface area contributed by atoms with Crippen LogP contribution in [0.1, 0.15) is 38.8 Å². The molecule has 178 valence electrons. The molecule has 2 aliphatic heterocycles. The molecule has 0 unspecified atom stereocenters. The van der Waals surface area contributed by atoms with Crippen LogP contribution in [0, 0.1) is 6.92 Å². The van der Waals surface area contributed by atoms with E-state index in [-0.39, 0.29) is 23.9 Å². The summed E-state index contributed by atoms with van der Waals surface area (Å²) in [6.45, 7) is 4.26. The number of fused-ring (bicyclic) bond motifs is 1. The number of aromatic nitrogens is 3. The molecule has 2 atom stereocenters. The Morgan fingerprint density at radius 3 is 2.88 bits per heavy atom. The number of cyclic esters (lactones) is 1. The monoisotopic (exact) mass is 464 g/mol. The normalized spacial score (nSPS) is 20.3. The molecular formula is C24H28N6O4. The van der Waals surface area contributed by atoms with Crippen LogP contribution in [0.15, 0.2) is 41.5 Å². The van der Waals surface area contributed by atoms with Crippen LogP contribution in [0.3, 0.4) is 0 Å². The Kier molecular flexibility index (Phi) is 5.72. The Hall–Kier alpha value is -3.47. The zero-order chi connectivity index (χ0) is 24.0. The van der Waals surface area contributed by atoms with Crippen molar-refractivity contribution in [1.82, 2.24) is 24.3 Å². The first kappa shape index (κ1) is 22.3. The van der Waals surface area contributed by atoms with Crippen LogP contribution in [0.5, 0.6) is 5.88 Å². The maximum absolute atomic E-state index is 12.9. The number of nitrogens with two attached hydrogens (primary N) is 1. The maximum Gasteiger partial charge on any atom is 0.338 e. The van der Waals surface area contributed by atoms with Gasteiger partial charge in [-0.05, 0) is 30.2 Å². The average Bonchev–Trinajstić information content (AvgIpc) is 3.34. The Morgan fingerprint density at radius 2 is 2.09 bits per heavy atom. The van der Waals surface area contributed by atoms with E-state index in [9.17, 15) is 9.59 Å². The Labute approximate surface area is 196 Å². The number of ether oxygens (including phenoxy) is 2. The van der Waals surface area contributed by atoms with Crippen molar-refractivity contribution in [2.75, 3.05) is 20.2 Å². The van der Waals surface area contributed by atoms with Gasteiger partial charge in [-0.3, -0.25) is 19.4 Å². The number of methoxy groups -OCH3 is 1. The van der Waals surface area contributed by atoms with E-state index in [1.165, 1.54) is 0 Å². The summed E-state index contributed by atoms with van der Waals surface area (Å²) in [5.74, 6) is 0.180. The van der Waals surface area contributed by atoms with Gasteiger partial charge < -0.3 is 15.2 Å². The summed E-state index contributed by atoms with van der Waals surface area (Å²) in [7, 11) is 3.32. The molecule has 0 bridgehead atoms. The van der Waals surface area contributed by atoms with Crippen molar-refractivity contribution in [1.29, 1.82) is 0 Å². The number of esters is 1. The smallest absolute Gasteiger partial charge is 0.338 e. The molecule has 4 heterocycles. The second kappa shape index (κ2) is 8.71. The summed E-state index contributed by atoms with van der Waals surface area (Å²) >= 11 is 0. The van der Waals surface area contributed by atoms with E-state index in [0.29, 0.717) is 43.4 Å². The first-order chi connectivity index (χ1) is 16.4. The average molecular weight is 465 g/mol. The van der Waals surface area contributed by atoms with Crippen molar-refractivity contribution in [3.63, 3.8) is 0 Å². The second-order valence-corrected chi connectivity index (χ2v) is 8.79.